The quantitative estimate of drug-likeness (QED) is 0.707. The van der Waals surface area contributed by atoms with Crippen LogP contribution in [0, 0.1) is 11.6 Å². The molecule has 5 nitrogen and oxygen atoms in total. The number of hydrogen-bond acceptors (Lipinski definition) is 4. The molecule has 1 aromatic carbocycles. The van der Waals surface area contributed by atoms with Gasteiger partial charge in [-0.1, -0.05) is 6.07 Å². The summed E-state index contributed by atoms with van der Waals surface area (Å²) in [6.45, 7) is 1.35. The number of aromatic nitrogens is 2. The fourth-order valence-electron chi connectivity index (χ4n) is 3.17. The van der Waals surface area contributed by atoms with Crippen molar-refractivity contribution in [1.82, 2.24) is 14.5 Å². The Morgan fingerprint density at radius 2 is 1.96 bits per heavy atom. The molecule has 0 bridgehead atoms. The first-order chi connectivity index (χ1) is 12.5. The second-order valence-electron chi connectivity index (χ2n) is 6.22. The molecule has 0 N–H and O–H groups in total. The third-order valence-corrected chi connectivity index (χ3v) is 5.44. The van der Waals surface area contributed by atoms with Gasteiger partial charge in [0.2, 0.25) is 5.91 Å². The highest BCUT2D eigenvalue weighted by Crippen LogP contribution is 2.31. The van der Waals surface area contributed by atoms with Crippen molar-refractivity contribution in [2.75, 3.05) is 13.1 Å². The van der Waals surface area contributed by atoms with E-state index in [9.17, 15) is 18.4 Å². The number of hydrogen-bond donors (Lipinski definition) is 0. The first kappa shape index (κ1) is 16.8. The Morgan fingerprint density at radius 3 is 2.69 bits per heavy atom. The lowest BCUT2D eigenvalue weighted by Crippen LogP contribution is -2.34. The average Bonchev–Trinajstić information content (AvgIpc) is 3.29. The summed E-state index contributed by atoms with van der Waals surface area (Å²) in [5, 5.41) is 2.01. The van der Waals surface area contributed by atoms with Crippen molar-refractivity contribution in [3.05, 3.63) is 51.9 Å². The number of amides is 1. The van der Waals surface area contributed by atoms with Gasteiger partial charge in [0.15, 0.2) is 11.6 Å². The van der Waals surface area contributed by atoms with Crippen LogP contribution in [0.4, 0.5) is 8.78 Å². The maximum Gasteiger partial charge on any atom is 0.263 e. The number of likely N-dealkylation sites (tertiary alicyclic amines) is 1. The highest BCUT2D eigenvalue weighted by molar-refractivity contribution is 7.17. The van der Waals surface area contributed by atoms with Crippen molar-refractivity contribution in [3.8, 4) is 11.1 Å². The van der Waals surface area contributed by atoms with E-state index in [0.717, 1.165) is 25.0 Å². The Hall–Kier alpha value is -2.61. The van der Waals surface area contributed by atoms with Gasteiger partial charge in [0.25, 0.3) is 5.56 Å². The molecule has 2 aromatic heterocycles. The summed E-state index contributed by atoms with van der Waals surface area (Å²) >= 11 is 1.25. The van der Waals surface area contributed by atoms with Gasteiger partial charge < -0.3 is 4.90 Å². The van der Waals surface area contributed by atoms with E-state index in [-0.39, 0.29) is 18.0 Å². The van der Waals surface area contributed by atoms with E-state index >= 15 is 0 Å². The molecule has 1 fully saturated rings. The number of halogens is 2. The molecule has 0 atom stereocenters. The van der Waals surface area contributed by atoms with Crippen LogP contribution in [0.2, 0.25) is 0 Å². The van der Waals surface area contributed by atoms with Crippen molar-refractivity contribution in [1.29, 1.82) is 0 Å². The number of rotatable bonds is 3. The number of nitrogens with zero attached hydrogens (tertiary/aromatic N) is 3. The van der Waals surface area contributed by atoms with E-state index in [2.05, 4.69) is 4.98 Å². The first-order valence-electron chi connectivity index (χ1n) is 8.24. The Morgan fingerprint density at radius 1 is 1.19 bits per heavy atom. The maximum absolute atomic E-state index is 13.6. The van der Waals surface area contributed by atoms with Gasteiger partial charge in [-0.25, -0.2) is 13.8 Å². The van der Waals surface area contributed by atoms with Gasteiger partial charge in [-0.2, -0.15) is 0 Å². The molecule has 1 aliphatic heterocycles. The molecule has 3 aromatic rings. The Labute approximate surface area is 151 Å². The molecular weight excluding hydrogens is 360 g/mol. The van der Waals surface area contributed by atoms with Crippen molar-refractivity contribution in [3.63, 3.8) is 0 Å². The fourth-order valence-corrected chi connectivity index (χ4v) is 4.08. The van der Waals surface area contributed by atoms with Gasteiger partial charge in [-0.15, -0.1) is 11.3 Å². The monoisotopic (exact) mass is 375 g/mol. The molecule has 0 radical (unpaired) electrons. The van der Waals surface area contributed by atoms with Crippen LogP contribution >= 0.6 is 11.3 Å². The summed E-state index contributed by atoms with van der Waals surface area (Å²) in [4.78, 5) is 31.7. The van der Waals surface area contributed by atoms with Gasteiger partial charge in [-0.05, 0) is 30.5 Å². The van der Waals surface area contributed by atoms with Crippen LogP contribution in [0.25, 0.3) is 21.3 Å². The van der Waals surface area contributed by atoms with Gasteiger partial charge in [0, 0.05) is 24.0 Å². The molecule has 0 spiro atoms. The topological polar surface area (TPSA) is 55.2 Å². The number of thiophene rings is 1. The van der Waals surface area contributed by atoms with Crippen molar-refractivity contribution >= 4 is 27.5 Å². The lowest BCUT2D eigenvalue weighted by molar-refractivity contribution is -0.130. The van der Waals surface area contributed by atoms with Gasteiger partial charge in [-0.3, -0.25) is 14.2 Å². The van der Waals surface area contributed by atoms with E-state index in [0.29, 0.717) is 34.4 Å². The average molecular weight is 375 g/mol. The summed E-state index contributed by atoms with van der Waals surface area (Å²) in [5.74, 6) is -2.04. The van der Waals surface area contributed by atoms with Crippen molar-refractivity contribution < 1.29 is 13.6 Å². The van der Waals surface area contributed by atoms with Crippen LogP contribution in [-0.2, 0) is 11.3 Å². The zero-order valence-corrected chi connectivity index (χ0v) is 14.6. The molecule has 26 heavy (non-hydrogen) atoms. The third-order valence-electron chi connectivity index (χ3n) is 4.56. The summed E-state index contributed by atoms with van der Waals surface area (Å²) in [7, 11) is 0. The molecular formula is C18H15F2N3O2S. The molecule has 1 aliphatic rings. The third kappa shape index (κ3) is 2.90. The minimum atomic E-state index is -0.977. The van der Waals surface area contributed by atoms with Crippen LogP contribution in [0.15, 0.2) is 34.7 Å². The lowest BCUT2D eigenvalue weighted by atomic mass is 10.1. The number of carbonyl (C=O) groups excluding carboxylic acids is 1. The predicted octanol–water partition coefficient (Wildman–Crippen LogP) is 3.03. The van der Waals surface area contributed by atoms with Crippen LogP contribution in [-0.4, -0.2) is 33.4 Å². The molecule has 134 valence electrons. The van der Waals surface area contributed by atoms with Crippen LogP contribution in [0.5, 0.6) is 0 Å². The fraction of sp³-hybridized carbons (Fsp3) is 0.278. The molecule has 8 heteroatoms. The highest BCUT2D eigenvalue weighted by atomic mass is 32.1. The highest BCUT2D eigenvalue weighted by Gasteiger charge is 2.20. The van der Waals surface area contributed by atoms with E-state index in [4.69, 9.17) is 0 Å². The molecule has 0 aliphatic carbocycles. The smallest absolute Gasteiger partial charge is 0.263 e. The van der Waals surface area contributed by atoms with Crippen LogP contribution < -0.4 is 5.56 Å². The van der Waals surface area contributed by atoms with Crippen LogP contribution in [0.3, 0.4) is 0 Å². The predicted molar refractivity (Wildman–Crippen MR) is 95.0 cm³/mol. The Balaban J connectivity index is 1.75. The SMILES string of the molecule is O=C(Cn1cnc2scc(-c3ccc(F)c(F)c3)c2c1=O)N1CCCC1. The summed E-state index contributed by atoms with van der Waals surface area (Å²) in [5.41, 5.74) is 0.533. The molecule has 0 saturated carbocycles. The standard InChI is InChI=1S/C18H15F2N3O2S/c19-13-4-3-11(7-14(13)20)12-9-26-17-16(12)18(25)23(10-21-17)8-15(24)22-5-1-2-6-22/h3-4,7,9-10H,1-2,5-6,8H2. The minimum absolute atomic E-state index is 0.0746. The van der Waals surface area contributed by atoms with Crippen molar-refractivity contribution in [2.45, 2.75) is 19.4 Å². The van der Waals surface area contributed by atoms with Crippen LogP contribution in [0.1, 0.15) is 12.8 Å². The lowest BCUT2D eigenvalue weighted by Gasteiger charge is -2.15. The summed E-state index contributed by atoms with van der Waals surface area (Å²) in [6, 6.07) is 3.51. The number of fused-ring (bicyclic) bond motifs is 1. The molecule has 4 rings (SSSR count). The zero-order chi connectivity index (χ0) is 18.3. The van der Waals surface area contributed by atoms with E-state index in [1.165, 1.54) is 28.3 Å². The number of carbonyl (C=O) groups is 1. The van der Waals surface area contributed by atoms with Gasteiger partial charge in [0.05, 0.1) is 11.7 Å². The largest absolute Gasteiger partial charge is 0.341 e. The van der Waals surface area contributed by atoms with Gasteiger partial charge >= 0.3 is 0 Å². The summed E-state index contributed by atoms with van der Waals surface area (Å²) < 4.78 is 28.0. The van der Waals surface area contributed by atoms with E-state index in [1.807, 2.05) is 0 Å². The van der Waals surface area contributed by atoms with Gasteiger partial charge in [0.1, 0.15) is 11.4 Å². The normalized spacial score (nSPS) is 14.3. The number of benzene rings is 1. The van der Waals surface area contributed by atoms with Crippen molar-refractivity contribution in [2.24, 2.45) is 0 Å². The maximum atomic E-state index is 13.6. The first-order valence-corrected chi connectivity index (χ1v) is 9.12. The Kier molecular flexibility index (Phi) is 4.28. The molecule has 0 unspecified atom stereocenters. The molecule has 1 amide bonds. The van der Waals surface area contributed by atoms with E-state index < -0.39 is 11.6 Å². The Bertz CT molecular complexity index is 1050. The second kappa shape index (κ2) is 6.60. The molecule has 1 saturated heterocycles. The summed E-state index contributed by atoms with van der Waals surface area (Å²) in [6.07, 6.45) is 3.32. The van der Waals surface area contributed by atoms with E-state index in [1.54, 1.807) is 10.3 Å². The minimum Gasteiger partial charge on any atom is -0.341 e. The second-order valence-corrected chi connectivity index (χ2v) is 7.08. The zero-order valence-electron chi connectivity index (χ0n) is 13.7. The molecule has 3 heterocycles.